The van der Waals surface area contributed by atoms with Gasteiger partial charge in [-0.25, -0.2) is 0 Å². The maximum absolute atomic E-state index is 5.77. The SMILES string of the molecule is CCCN=C(NCCn1cnnc1CC)NC(C)c1ccc(OCC)c(OCC)c1.I. The number of rotatable bonds is 12. The van der Waals surface area contributed by atoms with Gasteiger partial charge in [-0.05, 0) is 44.9 Å². The van der Waals surface area contributed by atoms with Crippen LogP contribution in [0.4, 0.5) is 0 Å². The Bertz CT molecular complexity index is 796. The third-order valence-corrected chi connectivity index (χ3v) is 4.57. The van der Waals surface area contributed by atoms with Crippen molar-refractivity contribution in [3.8, 4) is 11.5 Å². The molecule has 1 atom stereocenters. The molecule has 31 heavy (non-hydrogen) atoms. The topological polar surface area (TPSA) is 85.6 Å². The zero-order valence-electron chi connectivity index (χ0n) is 19.4. The van der Waals surface area contributed by atoms with E-state index < -0.39 is 0 Å². The zero-order chi connectivity index (χ0) is 21.8. The molecule has 1 aromatic carbocycles. The van der Waals surface area contributed by atoms with E-state index >= 15 is 0 Å². The lowest BCUT2D eigenvalue weighted by molar-refractivity contribution is 0.287. The Hall–Kier alpha value is -2.04. The summed E-state index contributed by atoms with van der Waals surface area (Å²) >= 11 is 0. The van der Waals surface area contributed by atoms with Gasteiger partial charge >= 0.3 is 0 Å². The number of nitrogens with one attached hydrogen (secondary N) is 2. The summed E-state index contributed by atoms with van der Waals surface area (Å²) in [5.41, 5.74) is 1.11. The summed E-state index contributed by atoms with van der Waals surface area (Å²) in [6.07, 6.45) is 3.63. The van der Waals surface area contributed by atoms with Crippen molar-refractivity contribution in [2.24, 2.45) is 4.99 Å². The lowest BCUT2D eigenvalue weighted by atomic mass is 10.1. The minimum Gasteiger partial charge on any atom is -0.490 e. The Balaban J connectivity index is 0.00000480. The number of guanidine groups is 1. The van der Waals surface area contributed by atoms with E-state index in [2.05, 4.69) is 57.2 Å². The Morgan fingerprint density at radius 3 is 2.55 bits per heavy atom. The minimum atomic E-state index is 0. The van der Waals surface area contributed by atoms with E-state index in [0.29, 0.717) is 13.2 Å². The van der Waals surface area contributed by atoms with Gasteiger partial charge < -0.3 is 24.7 Å². The monoisotopic (exact) mass is 544 g/mol. The number of hydrogen-bond donors (Lipinski definition) is 2. The number of aliphatic imine (C=N–C) groups is 1. The maximum Gasteiger partial charge on any atom is 0.191 e. The predicted molar refractivity (Wildman–Crippen MR) is 136 cm³/mol. The van der Waals surface area contributed by atoms with Crippen molar-refractivity contribution in [2.45, 2.75) is 60.0 Å². The Labute approximate surface area is 203 Å². The van der Waals surface area contributed by atoms with Crippen molar-refractivity contribution in [3.63, 3.8) is 0 Å². The van der Waals surface area contributed by atoms with E-state index in [1.807, 2.05) is 26.0 Å². The van der Waals surface area contributed by atoms with Crippen molar-refractivity contribution in [3.05, 3.63) is 35.9 Å². The molecule has 0 radical (unpaired) electrons. The number of halogens is 1. The van der Waals surface area contributed by atoms with Crippen molar-refractivity contribution in [1.29, 1.82) is 0 Å². The molecule has 0 saturated carbocycles. The molecule has 1 heterocycles. The average Bonchev–Trinajstić information content (AvgIpc) is 3.20. The Kier molecular flexibility index (Phi) is 13.0. The zero-order valence-corrected chi connectivity index (χ0v) is 21.7. The van der Waals surface area contributed by atoms with Crippen LogP contribution in [0.2, 0.25) is 0 Å². The minimum absolute atomic E-state index is 0. The van der Waals surface area contributed by atoms with Crippen molar-refractivity contribution in [1.82, 2.24) is 25.4 Å². The van der Waals surface area contributed by atoms with E-state index in [-0.39, 0.29) is 30.0 Å². The quantitative estimate of drug-likeness (QED) is 0.239. The maximum atomic E-state index is 5.77. The summed E-state index contributed by atoms with van der Waals surface area (Å²) in [5, 5.41) is 15.0. The molecule has 0 saturated heterocycles. The van der Waals surface area contributed by atoms with Gasteiger partial charge in [0.2, 0.25) is 0 Å². The van der Waals surface area contributed by atoms with Crippen LogP contribution in [0.15, 0.2) is 29.5 Å². The van der Waals surface area contributed by atoms with Crippen molar-refractivity contribution >= 4 is 29.9 Å². The fourth-order valence-electron chi connectivity index (χ4n) is 3.04. The molecule has 0 aliphatic heterocycles. The second-order valence-electron chi connectivity index (χ2n) is 6.89. The van der Waals surface area contributed by atoms with E-state index in [9.17, 15) is 0 Å². The first-order valence-electron chi connectivity index (χ1n) is 10.9. The van der Waals surface area contributed by atoms with Gasteiger partial charge in [0.05, 0.1) is 19.3 Å². The molecular weight excluding hydrogens is 507 g/mol. The van der Waals surface area contributed by atoms with Crippen LogP contribution < -0.4 is 20.1 Å². The summed E-state index contributed by atoms with van der Waals surface area (Å²) in [4.78, 5) is 4.67. The van der Waals surface area contributed by atoms with Gasteiger partial charge in [0.25, 0.3) is 0 Å². The number of ether oxygens (including phenoxy) is 2. The lowest BCUT2D eigenvalue weighted by Gasteiger charge is -2.20. The van der Waals surface area contributed by atoms with Gasteiger partial charge in [-0.3, -0.25) is 4.99 Å². The molecule has 2 rings (SSSR count). The highest BCUT2D eigenvalue weighted by Crippen LogP contribution is 2.30. The molecule has 0 aliphatic carbocycles. The molecule has 174 valence electrons. The van der Waals surface area contributed by atoms with Crippen LogP contribution in [-0.2, 0) is 13.0 Å². The Morgan fingerprint density at radius 1 is 1.13 bits per heavy atom. The van der Waals surface area contributed by atoms with Gasteiger partial charge in [0, 0.05) is 26.1 Å². The summed E-state index contributed by atoms with van der Waals surface area (Å²) in [6, 6.07) is 6.13. The number of aryl methyl sites for hydroxylation is 1. The number of nitrogens with zero attached hydrogens (tertiary/aromatic N) is 4. The summed E-state index contributed by atoms with van der Waals surface area (Å²) in [5.74, 6) is 3.32. The van der Waals surface area contributed by atoms with E-state index in [4.69, 9.17) is 9.47 Å². The summed E-state index contributed by atoms with van der Waals surface area (Å²) in [6.45, 7) is 13.8. The van der Waals surface area contributed by atoms with Crippen LogP contribution in [0.3, 0.4) is 0 Å². The highest BCUT2D eigenvalue weighted by molar-refractivity contribution is 14.0. The molecule has 2 aromatic rings. The highest BCUT2D eigenvalue weighted by Gasteiger charge is 2.13. The molecule has 0 fully saturated rings. The predicted octanol–water partition coefficient (Wildman–Crippen LogP) is 3.96. The molecule has 0 bridgehead atoms. The van der Waals surface area contributed by atoms with E-state index in [1.54, 1.807) is 6.33 Å². The third-order valence-electron chi connectivity index (χ3n) is 4.57. The first-order valence-corrected chi connectivity index (χ1v) is 10.9. The second-order valence-corrected chi connectivity index (χ2v) is 6.89. The van der Waals surface area contributed by atoms with E-state index in [1.165, 1.54) is 0 Å². The first-order chi connectivity index (χ1) is 14.6. The van der Waals surface area contributed by atoms with Gasteiger partial charge in [0.1, 0.15) is 12.2 Å². The summed E-state index contributed by atoms with van der Waals surface area (Å²) in [7, 11) is 0. The molecule has 9 heteroatoms. The molecule has 1 aromatic heterocycles. The molecule has 2 N–H and O–H groups in total. The van der Waals surface area contributed by atoms with Gasteiger partial charge in [-0.1, -0.05) is 19.9 Å². The van der Waals surface area contributed by atoms with Crippen LogP contribution in [0.25, 0.3) is 0 Å². The fourth-order valence-corrected chi connectivity index (χ4v) is 3.04. The third kappa shape index (κ3) is 8.54. The molecular formula is C22H37IN6O2. The number of aromatic nitrogens is 3. The fraction of sp³-hybridized carbons (Fsp3) is 0.591. The van der Waals surface area contributed by atoms with Crippen LogP contribution in [0, 0.1) is 0 Å². The molecule has 0 spiro atoms. The van der Waals surface area contributed by atoms with Crippen molar-refractivity contribution in [2.75, 3.05) is 26.3 Å². The lowest BCUT2D eigenvalue weighted by Crippen LogP contribution is -2.40. The van der Waals surface area contributed by atoms with Gasteiger partial charge in [0.15, 0.2) is 17.5 Å². The normalized spacial score (nSPS) is 12.1. The molecule has 0 aliphatic rings. The van der Waals surface area contributed by atoms with Gasteiger partial charge in [-0.2, -0.15) is 0 Å². The number of benzene rings is 1. The largest absolute Gasteiger partial charge is 0.490 e. The molecule has 1 unspecified atom stereocenters. The standard InChI is InChI=1S/C22H36N6O2.HI/c1-6-12-23-22(24-13-14-28-16-25-27-21(28)7-2)26-17(5)18-10-11-19(29-8-3)20(15-18)30-9-4;/h10-11,15-17H,6-9,12-14H2,1-5H3,(H2,23,24,26);1H. The summed E-state index contributed by atoms with van der Waals surface area (Å²) < 4.78 is 13.5. The smallest absolute Gasteiger partial charge is 0.191 e. The van der Waals surface area contributed by atoms with Crippen LogP contribution in [0.5, 0.6) is 11.5 Å². The molecule has 0 amide bonds. The highest BCUT2D eigenvalue weighted by atomic mass is 127. The first kappa shape index (κ1) is 27.0. The van der Waals surface area contributed by atoms with Gasteiger partial charge in [-0.15, -0.1) is 34.2 Å². The van der Waals surface area contributed by atoms with Crippen LogP contribution in [-0.4, -0.2) is 47.0 Å². The Morgan fingerprint density at radius 2 is 1.87 bits per heavy atom. The number of hydrogen-bond acceptors (Lipinski definition) is 5. The average molecular weight is 544 g/mol. The van der Waals surface area contributed by atoms with E-state index in [0.717, 1.165) is 61.3 Å². The van der Waals surface area contributed by atoms with Crippen molar-refractivity contribution < 1.29 is 9.47 Å². The second kappa shape index (κ2) is 14.9. The van der Waals surface area contributed by atoms with Crippen LogP contribution in [0.1, 0.15) is 58.5 Å². The molecule has 8 nitrogen and oxygen atoms in total. The van der Waals surface area contributed by atoms with Crippen LogP contribution >= 0.6 is 24.0 Å².